The number of rotatable bonds is 11. The van der Waals surface area contributed by atoms with E-state index < -0.39 is 35.7 Å². The maximum absolute atomic E-state index is 13.3. The molecule has 0 spiro atoms. The van der Waals surface area contributed by atoms with E-state index in [9.17, 15) is 14.4 Å². The molecule has 0 bridgehead atoms. The van der Waals surface area contributed by atoms with Crippen LogP contribution in [0.25, 0.3) is 0 Å². The summed E-state index contributed by atoms with van der Waals surface area (Å²) in [7, 11) is 0. The lowest BCUT2D eigenvalue weighted by Gasteiger charge is -2.32. The van der Waals surface area contributed by atoms with Gasteiger partial charge < -0.3 is 22.5 Å². The van der Waals surface area contributed by atoms with Crippen LogP contribution < -0.4 is 22.5 Å². The lowest BCUT2D eigenvalue weighted by Crippen LogP contribution is -2.58. The van der Waals surface area contributed by atoms with E-state index in [0.717, 1.165) is 16.9 Å². The quantitative estimate of drug-likeness (QED) is 0.158. The number of hydrogen-bond acceptors (Lipinski definition) is 6. The summed E-state index contributed by atoms with van der Waals surface area (Å²) in [6, 6.07) is 6.75. The van der Waals surface area contributed by atoms with Gasteiger partial charge in [0.05, 0.1) is 24.0 Å². The first-order valence-electron chi connectivity index (χ1n) is 10.4. The van der Waals surface area contributed by atoms with Gasteiger partial charge in [-0.05, 0) is 44.2 Å². The molecule has 9 nitrogen and oxygen atoms in total. The van der Waals surface area contributed by atoms with Crippen LogP contribution in [0, 0.1) is 0 Å². The average Bonchev–Trinajstić information content (AvgIpc) is 3.30. The SMILES string of the molecule is NC(N)=NCCC[C@@H](C(=O)CCl)N(C(=O)[C@H](N)Cc1ccccc1)C(=O)[C@@H]1CCCN1. The minimum absolute atomic E-state index is 0.0655. The van der Waals surface area contributed by atoms with Crippen LogP contribution in [0.4, 0.5) is 0 Å². The molecule has 1 heterocycles. The van der Waals surface area contributed by atoms with Crippen molar-refractivity contribution in [2.45, 2.75) is 50.2 Å². The number of nitrogens with one attached hydrogen (secondary N) is 1. The number of ketones is 1. The van der Waals surface area contributed by atoms with Crippen molar-refractivity contribution >= 4 is 35.2 Å². The third-order valence-corrected chi connectivity index (χ3v) is 5.46. The van der Waals surface area contributed by atoms with Crippen LogP contribution in [-0.4, -0.2) is 65.6 Å². The second-order valence-electron chi connectivity index (χ2n) is 7.56. The number of imide groups is 1. The van der Waals surface area contributed by atoms with Crippen LogP contribution in [0.1, 0.15) is 31.2 Å². The van der Waals surface area contributed by atoms with Crippen LogP contribution in [-0.2, 0) is 20.8 Å². The Labute approximate surface area is 187 Å². The maximum atomic E-state index is 13.3. The molecule has 3 atom stereocenters. The minimum Gasteiger partial charge on any atom is -0.370 e. The molecule has 2 rings (SSSR count). The summed E-state index contributed by atoms with van der Waals surface area (Å²) in [6.07, 6.45) is 2.25. The number of aliphatic imine (C=N–C) groups is 1. The molecule has 1 aromatic carbocycles. The number of halogens is 1. The van der Waals surface area contributed by atoms with Gasteiger partial charge in [0.15, 0.2) is 11.7 Å². The number of hydrogen-bond donors (Lipinski definition) is 4. The first-order chi connectivity index (χ1) is 14.8. The molecule has 1 aliphatic heterocycles. The normalized spacial score (nSPS) is 17.5. The van der Waals surface area contributed by atoms with Gasteiger partial charge >= 0.3 is 0 Å². The van der Waals surface area contributed by atoms with E-state index in [1.54, 1.807) is 0 Å². The summed E-state index contributed by atoms with van der Waals surface area (Å²) in [5.41, 5.74) is 17.7. The second kappa shape index (κ2) is 12.4. The van der Waals surface area contributed by atoms with E-state index in [1.807, 2.05) is 30.3 Å². The number of carbonyl (C=O) groups is 3. The Balaban J connectivity index is 2.26. The largest absolute Gasteiger partial charge is 0.370 e. The van der Waals surface area contributed by atoms with Gasteiger partial charge in [0.2, 0.25) is 11.8 Å². The number of nitrogens with zero attached hydrogens (tertiary/aromatic N) is 2. The maximum Gasteiger partial charge on any atom is 0.247 e. The molecule has 1 fully saturated rings. The van der Waals surface area contributed by atoms with Gasteiger partial charge in [-0.25, -0.2) is 0 Å². The summed E-state index contributed by atoms with van der Waals surface area (Å²) in [5.74, 6) is -1.85. The monoisotopic (exact) mass is 450 g/mol. The molecule has 170 valence electrons. The predicted molar refractivity (Wildman–Crippen MR) is 120 cm³/mol. The van der Waals surface area contributed by atoms with E-state index in [-0.39, 0.29) is 31.2 Å². The molecular formula is C21H31ClN6O3. The standard InChI is InChI=1S/C21H31ClN6O3/c22-13-18(29)17(9-5-11-27-21(24)25)28(20(31)16-8-4-10-26-16)19(30)15(23)12-14-6-2-1-3-7-14/h1-3,6-7,15-17,26H,4-5,8-13,23H2,(H4,24,25,27)/t15-,16+,17+/m1/s1. The van der Waals surface area contributed by atoms with Crippen LogP contribution in [0.15, 0.2) is 35.3 Å². The highest BCUT2D eigenvalue weighted by Crippen LogP contribution is 2.18. The summed E-state index contributed by atoms with van der Waals surface area (Å²) < 4.78 is 0. The first-order valence-corrected chi connectivity index (χ1v) is 10.9. The minimum atomic E-state index is -1.02. The fourth-order valence-corrected chi connectivity index (χ4v) is 3.81. The third kappa shape index (κ3) is 7.30. The zero-order valence-corrected chi connectivity index (χ0v) is 18.3. The molecule has 1 aliphatic rings. The van der Waals surface area contributed by atoms with Crippen LogP contribution >= 0.6 is 11.6 Å². The average molecular weight is 451 g/mol. The van der Waals surface area contributed by atoms with Crippen LogP contribution in [0.2, 0.25) is 0 Å². The summed E-state index contributed by atoms with van der Waals surface area (Å²) in [6.45, 7) is 0.940. The van der Waals surface area contributed by atoms with E-state index in [4.69, 9.17) is 28.8 Å². The molecule has 7 N–H and O–H groups in total. The van der Waals surface area contributed by atoms with Gasteiger partial charge in [-0.3, -0.25) is 24.3 Å². The fourth-order valence-electron chi connectivity index (χ4n) is 3.63. The van der Waals surface area contributed by atoms with Crippen LogP contribution in [0.3, 0.4) is 0 Å². The molecular weight excluding hydrogens is 420 g/mol. The number of amides is 2. The van der Waals surface area contributed by atoms with Crippen molar-refractivity contribution in [2.75, 3.05) is 19.0 Å². The Kier molecular flexibility index (Phi) is 9.90. The van der Waals surface area contributed by atoms with Crippen molar-refractivity contribution in [2.24, 2.45) is 22.2 Å². The van der Waals surface area contributed by atoms with Gasteiger partial charge in [0.25, 0.3) is 0 Å². The topological polar surface area (TPSA) is 157 Å². The highest BCUT2D eigenvalue weighted by molar-refractivity contribution is 6.28. The molecule has 1 saturated heterocycles. The van der Waals surface area contributed by atoms with Crippen molar-refractivity contribution in [3.8, 4) is 0 Å². The zero-order valence-electron chi connectivity index (χ0n) is 17.5. The number of nitrogens with two attached hydrogens (primary N) is 3. The van der Waals surface area contributed by atoms with Crippen molar-refractivity contribution < 1.29 is 14.4 Å². The smallest absolute Gasteiger partial charge is 0.247 e. The fraction of sp³-hybridized carbons (Fsp3) is 0.524. The van der Waals surface area contributed by atoms with E-state index in [1.165, 1.54) is 0 Å². The molecule has 0 unspecified atom stereocenters. The number of Topliss-reactive ketones (excluding diaryl/α,β-unsaturated/α-hetero) is 1. The Hall–Kier alpha value is -2.49. The Morgan fingerprint density at radius 3 is 2.52 bits per heavy atom. The lowest BCUT2D eigenvalue weighted by atomic mass is 10.00. The molecule has 2 amide bonds. The predicted octanol–water partition coefficient (Wildman–Crippen LogP) is -0.106. The van der Waals surface area contributed by atoms with Crippen molar-refractivity contribution in [1.82, 2.24) is 10.2 Å². The Morgan fingerprint density at radius 2 is 1.94 bits per heavy atom. The Morgan fingerprint density at radius 1 is 1.23 bits per heavy atom. The van der Waals surface area contributed by atoms with Gasteiger partial charge in [-0.1, -0.05) is 30.3 Å². The molecule has 31 heavy (non-hydrogen) atoms. The highest BCUT2D eigenvalue weighted by atomic mass is 35.5. The molecule has 10 heteroatoms. The summed E-state index contributed by atoms with van der Waals surface area (Å²) >= 11 is 5.82. The zero-order chi connectivity index (χ0) is 22.8. The number of benzene rings is 1. The number of guanidine groups is 1. The van der Waals surface area contributed by atoms with Crippen molar-refractivity contribution in [3.05, 3.63) is 35.9 Å². The van der Waals surface area contributed by atoms with Crippen molar-refractivity contribution in [3.63, 3.8) is 0 Å². The molecule has 0 saturated carbocycles. The molecule has 0 aliphatic carbocycles. The van der Waals surface area contributed by atoms with E-state index in [2.05, 4.69) is 10.3 Å². The summed E-state index contributed by atoms with van der Waals surface area (Å²) in [5, 5.41) is 3.09. The number of carbonyl (C=O) groups excluding carboxylic acids is 3. The van der Waals surface area contributed by atoms with Crippen molar-refractivity contribution in [1.29, 1.82) is 0 Å². The van der Waals surface area contributed by atoms with Crippen LogP contribution in [0.5, 0.6) is 0 Å². The molecule has 1 aromatic rings. The van der Waals surface area contributed by atoms with Gasteiger partial charge in [-0.2, -0.15) is 0 Å². The number of alkyl halides is 1. The third-order valence-electron chi connectivity index (χ3n) is 5.19. The molecule has 0 radical (unpaired) electrons. The van der Waals surface area contributed by atoms with E-state index >= 15 is 0 Å². The highest BCUT2D eigenvalue weighted by Gasteiger charge is 2.39. The van der Waals surface area contributed by atoms with Gasteiger partial charge in [0.1, 0.15) is 0 Å². The lowest BCUT2D eigenvalue weighted by molar-refractivity contribution is -0.153. The molecule has 0 aromatic heterocycles. The Bertz CT molecular complexity index is 779. The van der Waals surface area contributed by atoms with Gasteiger partial charge in [0, 0.05) is 6.54 Å². The van der Waals surface area contributed by atoms with Gasteiger partial charge in [-0.15, -0.1) is 11.6 Å². The van der Waals surface area contributed by atoms with E-state index in [0.29, 0.717) is 19.4 Å². The second-order valence-corrected chi connectivity index (χ2v) is 7.82. The summed E-state index contributed by atoms with van der Waals surface area (Å²) in [4.78, 5) is 44.2. The first kappa shape index (κ1) is 24.8.